The normalized spacial score (nSPS) is 10.5. The van der Waals surface area contributed by atoms with Crippen molar-refractivity contribution in [2.45, 2.75) is 13.5 Å². The molecule has 0 aliphatic carbocycles. The number of aryl methyl sites for hydroxylation is 1. The van der Waals surface area contributed by atoms with Crippen LogP contribution in [0.15, 0.2) is 71.3 Å². The average molecular weight is 333 g/mol. The maximum Gasteiger partial charge on any atom is 0.254 e. The van der Waals surface area contributed by atoms with E-state index in [1.807, 2.05) is 25.1 Å². The number of rotatable bonds is 5. The van der Waals surface area contributed by atoms with Crippen LogP contribution in [0, 0.1) is 6.92 Å². The molecule has 126 valence electrons. The van der Waals surface area contributed by atoms with Gasteiger partial charge in [0.2, 0.25) is 0 Å². The molecule has 0 aliphatic rings. The Bertz CT molecular complexity index is 880. The molecular formula is C21H19NO3. The monoisotopic (exact) mass is 333 g/mol. The summed E-state index contributed by atoms with van der Waals surface area (Å²) in [4.78, 5) is 27.2. The van der Waals surface area contributed by atoms with Gasteiger partial charge in [0.05, 0.1) is 18.4 Å². The predicted molar refractivity (Wildman–Crippen MR) is 95.6 cm³/mol. The number of carbonyl (C=O) groups excluding carboxylic acids is 2. The lowest BCUT2D eigenvalue weighted by atomic mass is 9.97. The molecule has 2 aromatic carbocycles. The smallest absolute Gasteiger partial charge is 0.254 e. The lowest BCUT2D eigenvalue weighted by molar-refractivity contribution is 0.0771. The topological polar surface area (TPSA) is 50.5 Å². The second-order valence-electron chi connectivity index (χ2n) is 5.98. The van der Waals surface area contributed by atoms with E-state index >= 15 is 0 Å². The van der Waals surface area contributed by atoms with E-state index in [-0.39, 0.29) is 11.7 Å². The third-order valence-electron chi connectivity index (χ3n) is 4.04. The van der Waals surface area contributed by atoms with Gasteiger partial charge in [0.15, 0.2) is 5.78 Å². The summed E-state index contributed by atoms with van der Waals surface area (Å²) >= 11 is 0. The van der Waals surface area contributed by atoms with Crippen LogP contribution in [0.4, 0.5) is 0 Å². The molecule has 1 amide bonds. The van der Waals surface area contributed by atoms with E-state index < -0.39 is 0 Å². The number of nitrogens with zero attached hydrogens (tertiary/aromatic N) is 1. The summed E-state index contributed by atoms with van der Waals surface area (Å²) in [5.74, 6) is 0.320. The fourth-order valence-corrected chi connectivity index (χ4v) is 2.64. The number of hydrogen-bond donors (Lipinski definition) is 0. The molecule has 0 unspecified atom stereocenters. The molecule has 0 radical (unpaired) electrons. The molecule has 4 nitrogen and oxygen atoms in total. The van der Waals surface area contributed by atoms with Crippen molar-refractivity contribution in [3.63, 3.8) is 0 Å². The Morgan fingerprint density at radius 1 is 0.920 bits per heavy atom. The Labute approximate surface area is 146 Å². The summed E-state index contributed by atoms with van der Waals surface area (Å²) in [7, 11) is 1.69. The molecule has 0 N–H and O–H groups in total. The van der Waals surface area contributed by atoms with Crippen LogP contribution in [0.25, 0.3) is 0 Å². The molecule has 0 atom stereocenters. The van der Waals surface area contributed by atoms with Gasteiger partial charge in [-0.15, -0.1) is 0 Å². The Kier molecular flexibility index (Phi) is 4.80. The second-order valence-corrected chi connectivity index (χ2v) is 5.98. The van der Waals surface area contributed by atoms with Crippen LogP contribution in [-0.2, 0) is 6.54 Å². The molecule has 0 bridgehead atoms. The van der Waals surface area contributed by atoms with Crippen LogP contribution < -0.4 is 0 Å². The standard InChI is InChI=1S/C21H19NO3/c1-15-9-11-16(12-10-15)20(23)18-7-3-4-8-19(18)21(24)22(2)14-17-6-5-13-25-17/h3-13H,14H2,1-2H3. The number of hydrogen-bond acceptors (Lipinski definition) is 3. The minimum atomic E-state index is -0.215. The first-order valence-corrected chi connectivity index (χ1v) is 8.04. The van der Waals surface area contributed by atoms with Crippen LogP contribution in [0.1, 0.15) is 37.6 Å². The first kappa shape index (κ1) is 16.7. The molecule has 0 spiro atoms. The molecule has 0 aliphatic heterocycles. The number of carbonyl (C=O) groups is 2. The molecule has 25 heavy (non-hydrogen) atoms. The Morgan fingerprint density at radius 3 is 2.24 bits per heavy atom. The van der Waals surface area contributed by atoms with Crippen LogP contribution in [0.3, 0.4) is 0 Å². The van der Waals surface area contributed by atoms with Crippen molar-refractivity contribution >= 4 is 11.7 Å². The molecule has 4 heteroatoms. The minimum absolute atomic E-state index is 0.157. The first-order chi connectivity index (χ1) is 12.1. The van der Waals surface area contributed by atoms with E-state index in [9.17, 15) is 9.59 Å². The van der Waals surface area contributed by atoms with Crippen LogP contribution >= 0.6 is 0 Å². The van der Waals surface area contributed by atoms with Crippen molar-refractivity contribution in [1.82, 2.24) is 4.90 Å². The summed E-state index contributed by atoms with van der Waals surface area (Å²) in [5.41, 5.74) is 2.45. The Morgan fingerprint density at radius 2 is 1.60 bits per heavy atom. The largest absolute Gasteiger partial charge is 0.467 e. The molecule has 3 rings (SSSR count). The van der Waals surface area contributed by atoms with Gasteiger partial charge in [0.25, 0.3) is 5.91 Å². The minimum Gasteiger partial charge on any atom is -0.467 e. The van der Waals surface area contributed by atoms with Gasteiger partial charge < -0.3 is 9.32 Å². The highest BCUT2D eigenvalue weighted by Gasteiger charge is 2.21. The van der Waals surface area contributed by atoms with Crippen molar-refractivity contribution in [3.05, 3.63) is 94.9 Å². The average Bonchev–Trinajstić information content (AvgIpc) is 3.14. The number of ketones is 1. The third-order valence-corrected chi connectivity index (χ3v) is 4.04. The highest BCUT2D eigenvalue weighted by Crippen LogP contribution is 2.18. The van der Waals surface area contributed by atoms with Crippen molar-refractivity contribution in [3.8, 4) is 0 Å². The summed E-state index contributed by atoms with van der Waals surface area (Å²) in [6, 6.07) is 17.8. The van der Waals surface area contributed by atoms with E-state index in [1.165, 1.54) is 0 Å². The zero-order chi connectivity index (χ0) is 17.8. The summed E-state index contributed by atoms with van der Waals surface area (Å²) < 4.78 is 5.29. The van der Waals surface area contributed by atoms with Gasteiger partial charge in [-0.3, -0.25) is 9.59 Å². The van der Waals surface area contributed by atoms with Crippen molar-refractivity contribution < 1.29 is 14.0 Å². The molecule has 0 fully saturated rings. The first-order valence-electron chi connectivity index (χ1n) is 8.04. The quantitative estimate of drug-likeness (QED) is 0.661. The molecular weight excluding hydrogens is 314 g/mol. The molecule has 0 saturated heterocycles. The summed E-state index contributed by atoms with van der Waals surface area (Å²) in [6.07, 6.45) is 1.57. The van der Waals surface area contributed by atoms with E-state index in [2.05, 4.69) is 0 Å². The van der Waals surface area contributed by atoms with Gasteiger partial charge in [-0.25, -0.2) is 0 Å². The SMILES string of the molecule is Cc1ccc(C(=O)c2ccccc2C(=O)N(C)Cc2ccco2)cc1. The van der Waals surface area contributed by atoms with Gasteiger partial charge in [-0.2, -0.15) is 0 Å². The number of furan rings is 1. The highest BCUT2D eigenvalue weighted by molar-refractivity contribution is 6.15. The zero-order valence-corrected chi connectivity index (χ0v) is 14.2. The summed E-state index contributed by atoms with van der Waals surface area (Å²) in [6.45, 7) is 2.31. The Hall–Kier alpha value is -3.14. The highest BCUT2D eigenvalue weighted by atomic mass is 16.3. The van der Waals surface area contributed by atoms with Gasteiger partial charge in [-0.05, 0) is 25.1 Å². The van der Waals surface area contributed by atoms with E-state index in [4.69, 9.17) is 4.42 Å². The van der Waals surface area contributed by atoms with Gasteiger partial charge >= 0.3 is 0 Å². The maximum absolute atomic E-state index is 12.8. The predicted octanol–water partition coefficient (Wildman–Crippen LogP) is 4.09. The van der Waals surface area contributed by atoms with Gasteiger partial charge in [-0.1, -0.05) is 48.0 Å². The second kappa shape index (κ2) is 7.18. The van der Waals surface area contributed by atoms with Gasteiger partial charge in [0, 0.05) is 18.2 Å². The van der Waals surface area contributed by atoms with Crippen LogP contribution in [0.2, 0.25) is 0 Å². The zero-order valence-electron chi connectivity index (χ0n) is 14.2. The van der Waals surface area contributed by atoms with Crippen molar-refractivity contribution in [2.75, 3.05) is 7.05 Å². The molecule has 1 aromatic heterocycles. The lowest BCUT2D eigenvalue weighted by Crippen LogP contribution is -2.27. The molecule has 1 heterocycles. The number of benzene rings is 2. The van der Waals surface area contributed by atoms with E-state index in [1.54, 1.807) is 60.7 Å². The van der Waals surface area contributed by atoms with Crippen LogP contribution in [0.5, 0.6) is 0 Å². The lowest BCUT2D eigenvalue weighted by Gasteiger charge is -2.17. The fraction of sp³-hybridized carbons (Fsp3) is 0.143. The number of amides is 1. The maximum atomic E-state index is 12.8. The third kappa shape index (κ3) is 3.69. The fourth-order valence-electron chi connectivity index (χ4n) is 2.64. The summed E-state index contributed by atoms with van der Waals surface area (Å²) in [5, 5.41) is 0. The van der Waals surface area contributed by atoms with Gasteiger partial charge in [0.1, 0.15) is 5.76 Å². The van der Waals surface area contributed by atoms with Crippen molar-refractivity contribution in [1.29, 1.82) is 0 Å². The Balaban J connectivity index is 1.88. The van der Waals surface area contributed by atoms with E-state index in [0.717, 1.165) is 5.56 Å². The van der Waals surface area contributed by atoms with E-state index in [0.29, 0.717) is 29.0 Å². The molecule has 0 saturated carbocycles. The van der Waals surface area contributed by atoms with Crippen LogP contribution in [-0.4, -0.2) is 23.6 Å². The van der Waals surface area contributed by atoms with Crippen molar-refractivity contribution in [2.24, 2.45) is 0 Å². The molecule has 3 aromatic rings.